The summed E-state index contributed by atoms with van der Waals surface area (Å²) in [6, 6.07) is 6.01. The summed E-state index contributed by atoms with van der Waals surface area (Å²) in [5.41, 5.74) is 2.10. The molecule has 24 heavy (non-hydrogen) atoms. The molecule has 2 atom stereocenters. The average molecular weight is 372 g/mol. The fraction of sp³-hybridized carbons (Fsp3) is 0.625. The van der Waals surface area contributed by atoms with Crippen LogP contribution in [-0.2, 0) is 9.09 Å². The fourth-order valence-corrected chi connectivity index (χ4v) is 2.89. The van der Waals surface area contributed by atoms with E-state index in [9.17, 15) is 14.4 Å². The van der Waals surface area contributed by atoms with Crippen LogP contribution in [0, 0.1) is 5.92 Å². The second-order valence-corrected chi connectivity index (χ2v) is 7.19. The third kappa shape index (κ3) is 7.40. The molecule has 0 aromatic heterocycles. The van der Waals surface area contributed by atoms with Gasteiger partial charge in [0.25, 0.3) is 0 Å². The summed E-state index contributed by atoms with van der Waals surface area (Å²) in [5.74, 6) is 1.96. The third-order valence-corrected chi connectivity index (χ3v) is 4.87. The maximum atomic E-state index is 10.6. The minimum Gasteiger partial charge on any atom is -0.790 e. The van der Waals surface area contributed by atoms with Crippen LogP contribution in [0.4, 0.5) is 0 Å². The fourth-order valence-electron chi connectivity index (χ4n) is 2.71. The maximum absolute atomic E-state index is 10.6. The summed E-state index contributed by atoms with van der Waals surface area (Å²) in [6.07, 6.45) is 3.36. The number of para-hydroxylation sites is 1. The molecule has 0 N–H and O–H groups in total. The Labute approximate surface area is 188 Å². The zero-order valence-corrected chi connectivity index (χ0v) is 20.2. The van der Waals surface area contributed by atoms with Crippen LogP contribution in [0.25, 0.3) is 0 Å². The average Bonchev–Trinajstić information content (AvgIpc) is 3.29. The van der Waals surface area contributed by atoms with Crippen molar-refractivity contribution in [1.82, 2.24) is 0 Å². The molecule has 1 aromatic rings. The number of phosphoric acid groups is 1. The van der Waals surface area contributed by atoms with Crippen molar-refractivity contribution >= 4 is 7.82 Å². The standard InChI is InChI=1S/C16H25O5P.2Na/c1-4-11(2)14-6-5-7-15(12(3)13-8-9-13)16(14)20-10-21-22(17,18)19;;/h5-7,11-13H,4,8-10H2,1-3H3,(H2,17,18,19);;/q;2*+1/p-2/t11?,12-;;/m1../s1. The molecule has 1 unspecified atom stereocenters. The van der Waals surface area contributed by atoms with E-state index in [-0.39, 0.29) is 65.0 Å². The number of benzene rings is 1. The van der Waals surface area contributed by atoms with Crippen molar-refractivity contribution in [2.24, 2.45) is 5.92 Å². The van der Waals surface area contributed by atoms with Gasteiger partial charge < -0.3 is 23.6 Å². The molecule has 0 bridgehead atoms. The Kier molecular flexibility index (Phi) is 11.6. The van der Waals surface area contributed by atoms with Crippen LogP contribution < -0.4 is 73.6 Å². The van der Waals surface area contributed by atoms with Crippen LogP contribution in [0.5, 0.6) is 5.75 Å². The first-order chi connectivity index (χ1) is 10.3. The SMILES string of the molecule is CCC(C)c1cccc([C@H](C)C2CC2)c1OCOP(=O)([O-])[O-].[Na+].[Na+]. The molecule has 0 aliphatic heterocycles. The summed E-state index contributed by atoms with van der Waals surface area (Å²) in [6.45, 7) is 5.78. The molecule has 1 aliphatic carbocycles. The molecule has 8 heteroatoms. The van der Waals surface area contributed by atoms with Gasteiger partial charge in [0.05, 0.1) is 7.82 Å². The van der Waals surface area contributed by atoms with Gasteiger partial charge in [0.15, 0.2) is 6.79 Å². The van der Waals surface area contributed by atoms with Crippen molar-refractivity contribution in [2.45, 2.75) is 51.9 Å². The normalized spacial score (nSPS) is 16.5. The third-order valence-electron chi connectivity index (χ3n) is 4.45. The van der Waals surface area contributed by atoms with E-state index in [2.05, 4.69) is 25.3 Å². The zero-order valence-electron chi connectivity index (χ0n) is 15.3. The molecule has 0 radical (unpaired) electrons. The van der Waals surface area contributed by atoms with Gasteiger partial charge in [-0.25, -0.2) is 0 Å². The molecular weight excluding hydrogens is 349 g/mol. The molecule has 2 rings (SSSR count). The van der Waals surface area contributed by atoms with Gasteiger partial charge in [-0.15, -0.1) is 0 Å². The first-order valence-electron chi connectivity index (χ1n) is 7.75. The monoisotopic (exact) mass is 372 g/mol. The molecule has 0 heterocycles. The van der Waals surface area contributed by atoms with Gasteiger partial charge in [0, 0.05) is 0 Å². The number of hydrogen-bond donors (Lipinski definition) is 0. The van der Waals surface area contributed by atoms with Crippen molar-refractivity contribution in [1.29, 1.82) is 0 Å². The van der Waals surface area contributed by atoms with Gasteiger partial charge in [-0.05, 0) is 48.1 Å². The number of phosphoric ester groups is 1. The van der Waals surface area contributed by atoms with Gasteiger partial charge in [-0.2, -0.15) is 0 Å². The predicted molar refractivity (Wildman–Crippen MR) is 80.5 cm³/mol. The summed E-state index contributed by atoms with van der Waals surface area (Å²) < 4.78 is 20.4. The van der Waals surface area contributed by atoms with Gasteiger partial charge in [-0.1, -0.05) is 39.0 Å². The summed E-state index contributed by atoms with van der Waals surface area (Å²) in [4.78, 5) is 21.2. The Hall–Kier alpha value is 1.13. The molecule has 1 fully saturated rings. The number of rotatable bonds is 8. The number of ether oxygens (including phenoxy) is 1. The molecule has 0 saturated heterocycles. The Morgan fingerprint density at radius 3 is 2.29 bits per heavy atom. The van der Waals surface area contributed by atoms with E-state index >= 15 is 0 Å². The zero-order chi connectivity index (χ0) is 16.3. The largest absolute Gasteiger partial charge is 1.00 e. The van der Waals surface area contributed by atoms with E-state index in [4.69, 9.17) is 4.74 Å². The molecule has 1 aromatic carbocycles. The summed E-state index contributed by atoms with van der Waals surface area (Å²) >= 11 is 0. The van der Waals surface area contributed by atoms with Crippen LogP contribution in [0.3, 0.4) is 0 Å². The molecule has 0 spiro atoms. The Balaban J connectivity index is 0.00000264. The van der Waals surface area contributed by atoms with Gasteiger partial charge >= 0.3 is 59.1 Å². The van der Waals surface area contributed by atoms with Gasteiger partial charge in [0.2, 0.25) is 0 Å². The molecule has 1 saturated carbocycles. The minimum absolute atomic E-state index is 0. The quantitative estimate of drug-likeness (QED) is 0.274. The first-order valence-corrected chi connectivity index (χ1v) is 9.21. The van der Waals surface area contributed by atoms with Gasteiger partial charge in [0.1, 0.15) is 5.75 Å². The van der Waals surface area contributed by atoms with Crippen LogP contribution in [0.2, 0.25) is 0 Å². The topological polar surface area (TPSA) is 81.7 Å². The Bertz CT molecular complexity index is 559. The van der Waals surface area contributed by atoms with Crippen molar-refractivity contribution < 1.29 is 82.7 Å². The van der Waals surface area contributed by atoms with Crippen LogP contribution in [0.15, 0.2) is 18.2 Å². The van der Waals surface area contributed by atoms with E-state index in [1.165, 1.54) is 12.8 Å². The first kappa shape index (κ1) is 25.1. The van der Waals surface area contributed by atoms with Crippen LogP contribution in [0.1, 0.15) is 63.0 Å². The van der Waals surface area contributed by atoms with Crippen LogP contribution in [-0.4, -0.2) is 6.79 Å². The van der Waals surface area contributed by atoms with Crippen molar-refractivity contribution in [3.63, 3.8) is 0 Å². The molecule has 1 aliphatic rings. The second-order valence-electron chi connectivity index (χ2n) is 6.04. The van der Waals surface area contributed by atoms with Crippen molar-refractivity contribution in [3.8, 4) is 5.75 Å². The van der Waals surface area contributed by atoms with E-state index < -0.39 is 14.6 Å². The van der Waals surface area contributed by atoms with E-state index in [0.29, 0.717) is 17.6 Å². The van der Waals surface area contributed by atoms with E-state index in [1.807, 2.05) is 18.2 Å². The smallest absolute Gasteiger partial charge is 0.790 e. The molecular formula is C16H23Na2O5P. The van der Waals surface area contributed by atoms with E-state index in [0.717, 1.165) is 17.5 Å². The van der Waals surface area contributed by atoms with Crippen molar-refractivity contribution in [2.75, 3.05) is 6.79 Å². The molecule has 5 nitrogen and oxygen atoms in total. The van der Waals surface area contributed by atoms with E-state index in [1.54, 1.807) is 0 Å². The number of hydrogen-bond acceptors (Lipinski definition) is 5. The second kappa shape index (κ2) is 11.1. The predicted octanol–water partition coefficient (Wildman–Crippen LogP) is -3.10. The Morgan fingerprint density at radius 2 is 1.79 bits per heavy atom. The van der Waals surface area contributed by atoms with Crippen LogP contribution >= 0.6 is 7.82 Å². The maximum Gasteiger partial charge on any atom is 1.00 e. The Morgan fingerprint density at radius 1 is 1.21 bits per heavy atom. The molecule has 124 valence electrons. The van der Waals surface area contributed by atoms with Crippen molar-refractivity contribution in [3.05, 3.63) is 29.3 Å². The summed E-state index contributed by atoms with van der Waals surface area (Å²) in [7, 11) is -5.02. The summed E-state index contributed by atoms with van der Waals surface area (Å²) in [5, 5.41) is 0. The van der Waals surface area contributed by atoms with Gasteiger partial charge in [-0.3, -0.25) is 0 Å². The minimum atomic E-state index is -5.02. The molecule has 0 amide bonds.